The number of benzene rings is 1. The second kappa shape index (κ2) is 13.5. The molecule has 2 aromatic rings. The normalized spacial score (nSPS) is 15.1. The Kier molecular flexibility index (Phi) is 9.85. The molecule has 0 spiro atoms. The molecule has 0 N–H and O–H groups in total. The van der Waals surface area contributed by atoms with Gasteiger partial charge in [-0.1, -0.05) is 25.8 Å². The molecule has 0 aliphatic carbocycles. The van der Waals surface area contributed by atoms with Crippen molar-refractivity contribution in [1.82, 2.24) is 14.7 Å². The van der Waals surface area contributed by atoms with Gasteiger partial charge in [0.25, 0.3) is 0 Å². The largest absolute Gasteiger partial charge is 0.464 e. The van der Waals surface area contributed by atoms with E-state index in [0.29, 0.717) is 56.5 Å². The summed E-state index contributed by atoms with van der Waals surface area (Å²) in [6, 6.07) is 9.49. The topological polar surface area (TPSA) is 84.7 Å². The van der Waals surface area contributed by atoms with Crippen LogP contribution < -0.4 is 9.47 Å². The Bertz CT molecular complexity index is 1030. The van der Waals surface area contributed by atoms with E-state index in [1.807, 2.05) is 37.3 Å². The molecule has 202 valence electrons. The number of unbranched alkanes of at least 4 members (excludes halogenated alkanes) is 2. The van der Waals surface area contributed by atoms with Crippen molar-refractivity contribution in [1.29, 1.82) is 0 Å². The summed E-state index contributed by atoms with van der Waals surface area (Å²) in [5.41, 5.74) is 0.926. The van der Waals surface area contributed by atoms with E-state index in [1.54, 1.807) is 9.80 Å². The van der Waals surface area contributed by atoms with Crippen LogP contribution >= 0.6 is 0 Å². The fourth-order valence-electron chi connectivity index (χ4n) is 4.58. The van der Waals surface area contributed by atoms with Gasteiger partial charge in [-0.2, -0.15) is 0 Å². The number of hydrogen-bond donors (Lipinski definition) is 0. The van der Waals surface area contributed by atoms with Gasteiger partial charge in [-0.05, 0) is 43.2 Å². The van der Waals surface area contributed by atoms with Crippen LogP contribution in [0.4, 0.5) is 0 Å². The number of nitrogens with zero attached hydrogens (tertiary/aromatic N) is 3. The number of fused-ring (bicyclic) bond motifs is 1. The van der Waals surface area contributed by atoms with Gasteiger partial charge in [0.15, 0.2) is 11.5 Å². The van der Waals surface area contributed by atoms with Crippen LogP contribution in [-0.2, 0) is 27.4 Å². The Morgan fingerprint density at radius 3 is 2.51 bits per heavy atom. The summed E-state index contributed by atoms with van der Waals surface area (Å²) in [5, 5.41) is 0. The maximum absolute atomic E-state index is 13.7. The highest BCUT2D eigenvalue weighted by Gasteiger charge is 2.24. The van der Waals surface area contributed by atoms with Gasteiger partial charge < -0.3 is 28.4 Å². The second-order valence-corrected chi connectivity index (χ2v) is 9.68. The van der Waals surface area contributed by atoms with Gasteiger partial charge in [-0.3, -0.25) is 14.5 Å². The molecule has 2 amide bonds. The van der Waals surface area contributed by atoms with Crippen molar-refractivity contribution in [3.8, 4) is 11.5 Å². The molecule has 2 aliphatic rings. The fourth-order valence-corrected chi connectivity index (χ4v) is 4.58. The highest BCUT2D eigenvalue weighted by atomic mass is 16.7. The molecular weight excluding hydrogens is 474 g/mol. The molecule has 0 atom stereocenters. The van der Waals surface area contributed by atoms with Crippen molar-refractivity contribution < 1.29 is 28.2 Å². The molecule has 9 nitrogen and oxygen atoms in total. The molecule has 0 radical (unpaired) electrons. The zero-order valence-electron chi connectivity index (χ0n) is 22.1. The first-order valence-corrected chi connectivity index (χ1v) is 13.3. The summed E-state index contributed by atoms with van der Waals surface area (Å²) < 4.78 is 22.2. The molecule has 1 fully saturated rings. The highest BCUT2D eigenvalue weighted by Crippen LogP contribution is 2.33. The van der Waals surface area contributed by atoms with Gasteiger partial charge in [-0.15, -0.1) is 0 Å². The minimum absolute atomic E-state index is 0.0342. The number of aryl methyl sites for hydroxylation is 1. The molecule has 9 heteroatoms. The molecule has 0 unspecified atom stereocenters. The number of rotatable bonds is 13. The third kappa shape index (κ3) is 7.97. The summed E-state index contributed by atoms with van der Waals surface area (Å²) in [6.45, 7) is 9.29. The summed E-state index contributed by atoms with van der Waals surface area (Å²) in [5.74, 6) is 2.81. The SMILES string of the molecule is CCCCCC(=O)N(CCN1CCOCC1)CC(=O)N(Cc1ccc2c(c1)OCO2)Cc1ccc(C)o1. The van der Waals surface area contributed by atoms with Crippen molar-refractivity contribution >= 4 is 11.8 Å². The van der Waals surface area contributed by atoms with Crippen LogP contribution in [0.15, 0.2) is 34.7 Å². The molecule has 1 aromatic heterocycles. The minimum Gasteiger partial charge on any atom is -0.464 e. The lowest BCUT2D eigenvalue weighted by atomic mass is 10.1. The Morgan fingerprint density at radius 2 is 1.76 bits per heavy atom. The Balaban J connectivity index is 1.46. The third-order valence-corrected chi connectivity index (χ3v) is 6.77. The summed E-state index contributed by atoms with van der Waals surface area (Å²) in [7, 11) is 0. The van der Waals surface area contributed by atoms with E-state index in [4.69, 9.17) is 18.6 Å². The van der Waals surface area contributed by atoms with Crippen LogP contribution in [0.3, 0.4) is 0 Å². The lowest BCUT2D eigenvalue weighted by Gasteiger charge is -2.31. The minimum atomic E-state index is -0.113. The van der Waals surface area contributed by atoms with E-state index in [1.165, 1.54) is 0 Å². The van der Waals surface area contributed by atoms with Crippen molar-refractivity contribution in [3.05, 3.63) is 47.4 Å². The number of morpholine rings is 1. The van der Waals surface area contributed by atoms with Crippen LogP contribution in [0.5, 0.6) is 11.5 Å². The molecule has 3 heterocycles. The van der Waals surface area contributed by atoms with E-state index in [0.717, 1.165) is 50.2 Å². The number of ether oxygens (including phenoxy) is 3. The van der Waals surface area contributed by atoms with Crippen LogP contribution in [0.1, 0.15) is 49.7 Å². The number of hydrogen-bond acceptors (Lipinski definition) is 7. The second-order valence-electron chi connectivity index (χ2n) is 9.68. The van der Waals surface area contributed by atoms with Gasteiger partial charge in [0.2, 0.25) is 18.6 Å². The number of amides is 2. The zero-order chi connectivity index (χ0) is 26.0. The molecule has 1 saturated heterocycles. The van der Waals surface area contributed by atoms with Gasteiger partial charge in [0.1, 0.15) is 11.5 Å². The van der Waals surface area contributed by atoms with Crippen LogP contribution in [0.25, 0.3) is 0 Å². The van der Waals surface area contributed by atoms with Crippen molar-refractivity contribution in [2.24, 2.45) is 0 Å². The highest BCUT2D eigenvalue weighted by molar-refractivity contribution is 5.85. The zero-order valence-corrected chi connectivity index (χ0v) is 22.1. The van der Waals surface area contributed by atoms with Crippen molar-refractivity contribution in [2.45, 2.75) is 52.6 Å². The lowest BCUT2D eigenvalue weighted by Crippen LogP contribution is -2.47. The van der Waals surface area contributed by atoms with Crippen molar-refractivity contribution in [2.75, 3.05) is 52.7 Å². The lowest BCUT2D eigenvalue weighted by molar-refractivity contribution is -0.141. The van der Waals surface area contributed by atoms with Gasteiger partial charge in [0, 0.05) is 39.1 Å². The predicted octanol–water partition coefficient (Wildman–Crippen LogP) is 3.59. The third-order valence-electron chi connectivity index (χ3n) is 6.77. The molecule has 0 saturated carbocycles. The average molecular weight is 514 g/mol. The quantitative estimate of drug-likeness (QED) is 0.379. The maximum atomic E-state index is 13.7. The number of carbonyl (C=O) groups is 2. The summed E-state index contributed by atoms with van der Waals surface area (Å²) in [6.07, 6.45) is 3.35. The standard InChI is InChI=1S/C28H39N3O6/c1-3-4-5-6-27(32)30(12-11-29-13-15-34-16-14-29)20-28(33)31(19-24-9-7-22(2)37-24)18-23-8-10-25-26(17-23)36-21-35-25/h7-10,17H,3-6,11-16,18-21H2,1-2H3. The monoisotopic (exact) mass is 513 g/mol. The predicted molar refractivity (Wildman–Crippen MR) is 138 cm³/mol. The number of carbonyl (C=O) groups excluding carboxylic acids is 2. The molecule has 2 aliphatic heterocycles. The van der Waals surface area contributed by atoms with Gasteiger partial charge >= 0.3 is 0 Å². The van der Waals surface area contributed by atoms with Gasteiger partial charge in [-0.25, -0.2) is 0 Å². The van der Waals surface area contributed by atoms with E-state index in [9.17, 15) is 9.59 Å². The first-order valence-electron chi connectivity index (χ1n) is 13.3. The van der Waals surface area contributed by atoms with Crippen LogP contribution in [0, 0.1) is 6.92 Å². The van der Waals surface area contributed by atoms with E-state index in [-0.39, 0.29) is 25.2 Å². The Hall–Kier alpha value is -3.04. The first kappa shape index (κ1) is 27.0. The van der Waals surface area contributed by atoms with E-state index in [2.05, 4.69) is 11.8 Å². The molecule has 0 bridgehead atoms. The average Bonchev–Trinajstić information content (AvgIpc) is 3.54. The summed E-state index contributed by atoms with van der Waals surface area (Å²) >= 11 is 0. The van der Waals surface area contributed by atoms with Gasteiger partial charge in [0.05, 0.1) is 26.3 Å². The Labute approximate surface area is 219 Å². The Morgan fingerprint density at radius 1 is 0.946 bits per heavy atom. The smallest absolute Gasteiger partial charge is 0.242 e. The van der Waals surface area contributed by atoms with Crippen molar-refractivity contribution in [3.63, 3.8) is 0 Å². The molecular formula is C28H39N3O6. The molecule has 4 rings (SSSR count). The van der Waals surface area contributed by atoms with Crippen LogP contribution in [-0.4, -0.2) is 79.2 Å². The molecule has 37 heavy (non-hydrogen) atoms. The van der Waals surface area contributed by atoms with E-state index < -0.39 is 0 Å². The van der Waals surface area contributed by atoms with E-state index >= 15 is 0 Å². The number of furan rings is 1. The van der Waals surface area contributed by atoms with Crippen LogP contribution in [0.2, 0.25) is 0 Å². The fraction of sp³-hybridized carbons (Fsp3) is 0.571. The molecule has 1 aromatic carbocycles. The maximum Gasteiger partial charge on any atom is 0.242 e. The summed E-state index contributed by atoms with van der Waals surface area (Å²) in [4.78, 5) is 32.6. The first-order chi connectivity index (χ1) is 18.0.